The van der Waals surface area contributed by atoms with Crippen molar-refractivity contribution in [3.63, 3.8) is 0 Å². The Morgan fingerprint density at radius 3 is 2.95 bits per heavy atom. The Hall–Kier alpha value is -1.77. The van der Waals surface area contributed by atoms with Gasteiger partial charge in [-0.1, -0.05) is 6.07 Å². The van der Waals surface area contributed by atoms with E-state index < -0.39 is 12.9 Å². The predicted molar refractivity (Wildman–Crippen MR) is 70.4 cm³/mol. The fourth-order valence-corrected chi connectivity index (χ4v) is 2.44. The van der Waals surface area contributed by atoms with Crippen LogP contribution in [0.4, 0.5) is 4.39 Å². The molecule has 0 bridgehead atoms. The molecular weight excluding hydrogens is 262 g/mol. The van der Waals surface area contributed by atoms with Gasteiger partial charge in [0.25, 0.3) is 0 Å². The molecule has 1 aromatic carbocycles. The van der Waals surface area contributed by atoms with Crippen LogP contribution >= 0.6 is 0 Å². The summed E-state index contributed by atoms with van der Waals surface area (Å²) in [5.41, 5.74) is 0.909. The lowest BCUT2D eigenvalue weighted by molar-refractivity contribution is 0.209. The monoisotopic (exact) mass is 276 g/mol. The van der Waals surface area contributed by atoms with Gasteiger partial charge in [-0.05, 0) is 23.2 Å². The Labute approximate surface area is 115 Å². The minimum atomic E-state index is -1.67. The Balaban J connectivity index is 1.79. The number of benzene rings is 1. The number of nitrogens with zero attached hydrogens (tertiary/aromatic N) is 4. The van der Waals surface area contributed by atoms with E-state index in [1.165, 1.54) is 6.07 Å². The first-order valence-electron chi connectivity index (χ1n) is 6.37. The van der Waals surface area contributed by atoms with Crippen molar-refractivity contribution in [1.29, 1.82) is 0 Å². The first-order valence-corrected chi connectivity index (χ1v) is 6.37. The summed E-state index contributed by atoms with van der Waals surface area (Å²) < 4.78 is 15.2. The average Bonchev–Trinajstić information content (AvgIpc) is 2.88. The smallest absolute Gasteiger partial charge is 0.423 e. The molecule has 1 aliphatic rings. The Morgan fingerprint density at radius 2 is 2.15 bits per heavy atom. The van der Waals surface area contributed by atoms with Gasteiger partial charge < -0.3 is 14.6 Å². The van der Waals surface area contributed by atoms with Gasteiger partial charge in [-0.3, -0.25) is 4.90 Å². The molecule has 0 atom stereocenters. The minimum absolute atomic E-state index is 0.206. The molecule has 1 aromatic heterocycles. The molecule has 0 saturated heterocycles. The zero-order chi connectivity index (χ0) is 14.1. The number of aromatic nitrogens is 3. The van der Waals surface area contributed by atoms with E-state index in [1.807, 2.05) is 4.57 Å². The fourth-order valence-electron chi connectivity index (χ4n) is 2.44. The lowest BCUT2D eigenvalue weighted by Crippen LogP contribution is -2.38. The molecule has 0 saturated carbocycles. The van der Waals surface area contributed by atoms with E-state index in [2.05, 4.69) is 15.1 Å². The van der Waals surface area contributed by atoms with Gasteiger partial charge in [0.1, 0.15) is 18.0 Å². The molecule has 2 aromatic rings. The van der Waals surface area contributed by atoms with Crippen LogP contribution in [0.2, 0.25) is 0 Å². The summed E-state index contributed by atoms with van der Waals surface area (Å²) >= 11 is 0. The van der Waals surface area contributed by atoms with E-state index in [0.717, 1.165) is 25.0 Å². The van der Waals surface area contributed by atoms with Gasteiger partial charge in [0.05, 0.1) is 6.54 Å². The van der Waals surface area contributed by atoms with Crippen molar-refractivity contribution in [3.8, 4) is 0 Å². The van der Waals surface area contributed by atoms with Crippen LogP contribution in [0.15, 0.2) is 24.5 Å². The van der Waals surface area contributed by atoms with Crippen molar-refractivity contribution < 1.29 is 14.4 Å². The molecule has 0 radical (unpaired) electrons. The summed E-state index contributed by atoms with van der Waals surface area (Å²) in [6.07, 6.45) is 1.70. The second kappa shape index (κ2) is 5.32. The normalized spacial score (nSPS) is 15.2. The highest BCUT2D eigenvalue weighted by atomic mass is 19.1. The van der Waals surface area contributed by atoms with Crippen molar-refractivity contribution in [3.05, 3.63) is 41.7 Å². The highest BCUT2D eigenvalue weighted by Crippen LogP contribution is 2.13. The van der Waals surface area contributed by atoms with E-state index in [0.29, 0.717) is 18.7 Å². The quantitative estimate of drug-likeness (QED) is 0.712. The molecule has 0 spiro atoms. The first-order chi connectivity index (χ1) is 9.63. The van der Waals surface area contributed by atoms with Crippen molar-refractivity contribution in [2.24, 2.45) is 0 Å². The van der Waals surface area contributed by atoms with Crippen LogP contribution in [0, 0.1) is 5.82 Å². The van der Waals surface area contributed by atoms with Crippen LogP contribution in [0.1, 0.15) is 11.4 Å². The molecule has 2 N–H and O–H groups in total. The summed E-state index contributed by atoms with van der Waals surface area (Å²) in [6.45, 7) is 2.75. The number of hydrogen-bond donors (Lipinski definition) is 2. The van der Waals surface area contributed by atoms with Crippen LogP contribution < -0.4 is 5.46 Å². The third-order valence-corrected chi connectivity index (χ3v) is 3.50. The van der Waals surface area contributed by atoms with Gasteiger partial charge in [0, 0.05) is 19.6 Å². The minimum Gasteiger partial charge on any atom is -0.423 e. The maximum Gasteiger partial charge on any atom is 0.488 e. The SMILES string of the molecule is OB(O)c1cc(F)ccc1CN1CCn2cnnc2C1. The van der Waals surface area contributed by atoms with Crippen LogP contribution in [0.5, 0.6) is 0 Å². The molecule has 0 amide bonds. The van der Waals surface area contributed by atoms with Gasteiger partial charge in [-0.25, -0.2) is 4.39 Å². The summed E-state index contributed by atoms with van der Waals surface area (Å²) in [6, 6.07) is 4.07. The number of fused-ring (bicyclic) bond motifs is 1. The highest BCUT2D eigenvalue weighted by molar-refractivity contribution is 6.59. The Bertz CT molecular complexity index is 619. The maximum atomic E-state index is 13.2. The molecule has 1 aliphatic heterocycles. The largest absolute Gasteiger partial charge is 0.488 e. The average molecular weight is 276 g/mol. The molecule has 8 heteroatoms. The summed E-state index contributed by atoms with van der Waals surface area (Å²) in [4.78, 5) is 2.11. The lowest BCUT2D eigenvalue weighted by atomic mass is 9.77. The van der Waals surface area contributed by atoms with Gasteiger partial charge >= 0.3 is 7.12 Å². The van der Waals surface area contributed by atoms with Crippen LogP contribution in [0.3, 0.4) is 0 Å². The third-order valence-electron chi connectivity index (χ3n) is 3.50. The number of rotatable bonds is 3. The Kier molecular flexibility index (Phi) is 3.52. The summed E-state index contributed by atoms with van der Waals surface area (Å²) in [7, 11) is -1.67. The van der Waals surface area contributed by atoms with E-state index in [1.54, 1.807) is 12.4 Å². The molecule has 3 rings (SSSR count). The van der Waals surface area contributed by atoms with E-state index >= 15 is 0 Å². The second-order valence-corrected chi connectivity index (χ2v) is 4.87. The molecule has 20 heavy (non-hydrogen) atoms. The lowest BCUT2D eigenvalue weighted by Gasteiger charge is -2.27. The van der Waals surface area contributed by atoms with E-state index in [9.17, 15) is 14.4 Å². The van der Waals surface area contributed by atoms with Crippen molar-refractivity contribution in [2.45, 2.75) is 19.6 Å². The van der Waals surface area contributed by atoms with Crippen molar-refractivity contribution in [1.82, 2.24) is 19.7 Å². The predicted octanol–water partition coefficient (Wildman–Crippen LogP) is -0.887. The molecule has 0 unspecified atom stereocenters. The molecule has 0 aliphatic carbocycles. The topological polar surface area (TPSA) is 74.4 Å². The van der Waals surface area contributed by atoms with E-state index in [-0.39, 0.29) is 5.46 Å². The van der Waals surface area contributed by atoms with Crippen LogP contribution in [0.25, 0.3) is 0 Å². The fraction of sp³-hybridized carbons (Fsp3) is 0.333. The van der Waals surface area contributed by atoms with Crippen molar-refractivity contribution >= 4 is 12.6 Å². The van der Waals surface area contributed by atoms with Gasteiger partial charge in [-0.15, -0.1) is 10.2 Å². The Morgan fingerprint density at radius 1 is 1.30 bits per heavy atom. The van der Waals surface area contributed by atoms with Crippen LogP contribution in [-0.4, -0.2) is 43.4 Å². The standard InChI is InChI=1S/C12H14BFN4O2/c14-10-2-1-9(11(5-10)13(19)20)6-17-3-4-18-8-15-16-12(18)7-17/h1-2,5,8,19-20H,3-4,6-7H2. The molecule has 6 nitrogen and oxygen atoms in total. The van der Waals surface area contributed by atoms with E-state index in [4.69, 9.17) is 0 Å². The van der Waals surface area contributed by atoms with Gasteiger partial charge in [0.2, 0.25) is 0 Å². The molecule has 104 valence electrons. The molecule has 0 fully saturated rings. The number of hydrogen-bond acceptors (Lipinski definition) is 5. The van der Waals surface area contributed by atoms with Gasteiger partial charge in [-0.2, -0.15) is 0 Å². The number of halogens is 1. The van der Waals surface area contributed by atoms with Gasteiger partial charge in [0.15, 0.2) is 0 Å². The second-order valence-electron chi connectivity index (χ2n) is 4.87. The summed E-state index contributed by atoms with van der Waals surface area (Å²) in [5, 5.41) is 26.5. The molecule has 2 heterocycles. The molecular formula is C12H14BFN4O2. The third kappa shape index (κ3) is 2.58. The maximum absolute atomic E-state index is 13.2. The van der Waals surface area contributed by atoms with Crippen LogP contribution in [-0.2, 0) is 19.6 Å². The zero-order valence-electron chi connectivity index (χ0n) is 10.8. The summed E-state index contributed by atoms with van der Waals surface area (Å²) in [5.74, 6) is 0.402. The highest BCUT2D eigenvalue weighted by Gasteiger charge is 2.21. The van der Waals surface area contributed by atoms with Crippen molar-refractivity contribution in [2.75, 3.05) is 6.54 Å². The zero-order valence-corrected chi connectivity index (χ0v) is 10.8. The first kappa shape index (κ1) is 13.2.